The Balaban J connectivity index is 1.28. The maximum absolute atomic E-state index is 12.8. The van der Waals surface area contributed by atoms with Gasteiger partial charge in [-0.1, -0.05) is 30.3 Å². The third-order valence-electron chi connectivity index (χ3n) is 6.91. The summed E-state index contributed by atoms with van der Waals surface area (Å²) >= 11 is 0. The number of ether oxygens (including phenoxy) is 2. The molecule has 0 unspecified atom stereocenters. The van der Waals surface area contributed by atoms with Crippen molar-refractivity contribution in [1.29, 1.82) is 0 Å². The third-order valence-corrected chi connectivity index (χ3v) is 6.91. The van der Waals surface area contributed by atoms with E-state index in [9.17, 15) is 9.59 Å². The molecule has 2 N–H and O–H groups in total. The topological polar surface area (TPSA) is 114 Å². The lowest BCUT2D eigenvalue weighted by molar-refractivity contribution is 0.0122. The summed E-state index contributed by atoms with van der Waals surface area (Å²) in [5.74, 6) is 1.00. The van der Waals surface area contributed by atoms with Crippen molar-refractivity contribution in [3.05, 3.63) is 47.2 Å². The molecular weight excluding hydrogens is 460 g/mol. The molecule has 3 aliphatic rings. The first-order valence-electron chi connectivity index (χ1n) is 12.5. The molecule has 0 saturated carbocycles. The number of amides is 2. The van der Waals surface area contributed by atoms with Crippen molar-refractivity contribution in [2.24, 2.45) is 0 Å². The Bertz CT molecular complexity index is 1120. The highest BCUT2D eigenvalue weighted by Crippen LogP contribution is 2.36. The summed E-state index contributed by atoms with van der Waals surface area (Å²) in [5, 5.41) is 0. The fourth-order valence-electron chi connectivity index (χ4n) is 5.35. The molecule has 0 radical (unpaired) electrons. The van der Waals surface area contributed by atoms with Crippen LogP contribution in [0.2, 0.25) is 0 Å². The molecule has 1 aromatic heterocycles. The van der Waals surface area contributed by atoms with Crippen molar-refractivity contribution >= 4 is 24.0 Å². The summed E-state index contributed by atoms with van der Waals surface area (Å²) in [6.45, 7) is 8.08. The molecule has 192 valence electrons. The molecule has 10 nitrogen and oxygen atoms in total. The number of fused-ring (bicyclic) bond motifs is 3. The van der Waals surface area contributed by atoms with Gasteiger partial charge >= 0.3 is 12.2 Å². The normalized spacial score (nSPS) is 21.2. The third kappa shape index (κ3) is 5.03. The van der Waals surface area contributed by atoms with Crippen LogP contribution in [0, 0.1) is 0 Å². The van der Waals surface area contributed by atoms with E-state index in [-0.39, 0.29) is 36.8 Å². The van der Waals surface area contributed by atoms with Gasteiger partial charge in [0.25, 0.3) is 0 Å². The summed E-state index contributed by atoms with van der Waals surface area (Å²) in [5.41, 5.74) is 8.29. The number of nitrogens with zero attached hydrogens (tertiary/aromatic N) is 5. The molecule has 1 aromatic carbocycles. The van der Waals surface area contributed by atoms with Gasteiger partial charge in [-0.25, -0.2) is 14.6 Å². The van der Waals surface area contributed by atoms with Crippen molar-refractivity contribution < 1.29 is 19.1 Å². The zero-order valence-corrected chi connectivity index (χ0v) is 21.1. The number of anilines is 2. The molecule has 2 saturated heterocycles. The number of hydrogen-bond acceptors (Lipinski definition) is 8. The van der Waals surface area contributed by atoms with Crippen LogP contribution in [0.25, 0.3) is 0 Å². The molecule has 2 amide bonds. The maximum atomic E-state index is 12.8. The van der Waals surface area contributed by atoms with Gasteiger partial charge in [-0.15, -0.1) is 0 Å². The monoisotopic (exact) mass is 494 g/mol. The van der Waals surface area contributed by atoms with Crippen molar-refractivity contribution in [3.8, 4) is 0 Å². The summed E-state index contributed by atoms with van der Waals surface area (Å²) < 4.78 is 11.2. The predicted octanol–water partition coefficient (Wildman–Crippen LogP) is 3.34. The van der Waals surface area contributed by atoms with Gasteiger partial charge in [-0.3, -0.25) is 4.90 Å². The maximum Gasteiger partial charge on any atom is 0.410 e. The summed E-state index contributed by atoms with van der Waals surface area (Å²) in [6, 6.07) is 9.75. The number of hydrogen-bond donors (Lipinski definition) is 1. The lowest BCUT2D eigenvalue weighted by atomic mass is 10.0. The molecule has 0 aliphatic carbocycles. The number of carbonyl (C=O) groups is 2. The molecule has 4 heterocycles. The van der Waals surface area contributed by atoms with Crippen molar-refractivity contribution in [2.45, 2.75) is 70.9 Å². The van der Waals surface area contributed by atoms with Gasteiger partial charge in [-0.05, 0) is 45.6 Å². The van der Waals surface area contributed by atoms with Gasteiger partial charge in [0.2, 0.25) is 5.95 Å². The van der Waals surface area contributed by atoms with Gasteiger partial charge < -0.3 is 25.0 Å². The van der Waals surface area contributed by atoms with Crippen molar-refractivity contribution in [2.75, 3.05) is 30.3 Å². The van der Waals surface area contributed by atoms with Crippen LogP contribution in [0.3, 0.4) is 0 Å². The fraction of sp³-hybridized carbons (Fsp3) is 0.538. The van der Waals surface area contributed by atoms with E-state index in [0.29, 0.717) is 32.6 Å². The minimum atomic E-state index is -0.526. The number of rotatable bonds is 3. The Labute approximate surface area is 211 Å². The molecule has 5 rings (SSSR count). The highest BCUT2D eigenvalue weighted by Gasteiger charge is 2.45. The molecule has 2 bridgehead atoms. The van der Waals surface area contributed by atoms with Crippen molar-refractivity contribution in [3.63, 3.8) is 0 Å². The van der Waals surface area contributed by atoms with E-state index in [4.69, 9.17) is 15.2 Å². The molecule has 3 aliphatic heterocycles. The fourth-order valence-corrected chi connectivity index (χ4v) is 5.35. The van der Waals surface area contributed by atoms with Crippen LogP contribution < -0.4 is 10.6 Å². The van der Waals surface area contributed by atoms with Gasteiger partial charge in [-0.2, -0.15) is 4.98 Å². The number of nitrogen functional groups attached to an aromatic ring is 1. The molecule has 0 spiro atoms. The second-order valence-electron chi connectivity index (χ2n) is 10.7. The molecule has 2 aromatic rings. The smallest absolute Gasteiger partial charge is 0.410 e. The van der Waals surface area contributed by atoms with E-state index in [2.05, 4.69) is 14.9 Å². The van der Waals surface area contributed by atoms with Crippen LogP contribution in [0.1, 0.15) is 50.4 Å². The van der Waals surface area contributed by atoms with E-state index >= 15 is 0 Å². The largest absolute Gasteiger partial charge is 0.445 e. The first kappa shape index (κ1) is 24.1. The number of aromatic nitrogens is 2. The first-order chi connectivity index (χ1) is 17.2. The molecule has 36 heavy (non-hydrogen) atoms. The number of nitrogens with two attached hydrogens (primary N) is 1. The summed E-state index contributed by atoms with van der Waals surface area (Å²) in [4.78, 5) is 40.4. The first-order valence-corrected chi connectivity index (χ1v) is 12.5. The average Bonchev–Trinajstić information content (AvgIpc) is 3.11. The molecular formula is C26H34N6O4. The number of carbonyl (C=O) groups excluding carboxylic acids is 2. The van der Waals surface area contributed by atoms with Gasteiger partial charge in [0.15, 0.2) is 0 Å². The Morgan fingerprint density at radius 1 is 1.06 bits per heavy atom. The zero-order chi connectivity index (χ0) is 25.4. The van der Waals surface area contributed by atoms with Crippen molar-refractivity contribution in [1.82, 2.24) is 19.8 Å². The zero-order valence-electron chi connectivity index (χ0n) is 21.1. The van der Waals surface area contributed by atoms with E-state index < -0.39 is 5.60 Å². The Kier molecular flexibility index (Phi) is 6.36. The summed E-state index contributed by atoms with van der Waals surface area (Å²) in [6.07, 6.45) is 1.87. The van der Waals surface area contributed by atoms with E-state index in [1.54, 1.807) is 4.90 Å². The summed E-state index contributed by atoms with van der Waals surface area (Å²) in [7, 11) is 0. The predicted molar refractivity (Wildman–Crippen MR) is 134 cm³/mol. The number of piperazine rings is 1. The second kappa shape index (κ2) is 9.48. The van der Waals surface area contributed by atoms with Crippen LogP contribution in [-0.2, 0) is 29.0 Å². The van der Waals surface area contributed by atoms with E-state index in [0.717, 1.165) is 35.5 Å². The molecule has 10 heteroatoms. The minimum Gasteiger partial charge on any atom is -0.445 e. The van der Waals surface area contributed by atoms with E-state index in [1.165, 1.54) is 0 Å². The highest BCUT2D eigenvalue weighted by molar-refractivity contribution is 5.71. The van der Waals surface area contributed by atoms with Gasteiger partial charge in [0.1, 0.15) is 18.0 Å². The molecule has 2 atom stereocenters. The van der Waals surface area contributed by atoms with Gasteiger partial charge in [0, 0.05) is 25.2 Å². The quantitative estimate of drug-likeness (QED) is 0.691. The van der Waals surface area contributed by atoms with Crippen LogP contribution in [0.4, 0.5) is 21.4 Å². The average molecular weight is 495 g/mol. The Hall–Kier alpha value is -3.56. The standard InChI is InChI=1S/C26H34N6O4/c1-26(2,3)36-25(34)32-18-9-10-19(32)14-31(13-18)22-20-11-12-30(15-21(20)28-23(27)29-22)24(33)35-16-17-7-5-4-6-8-17/h4-8,18-19H,9-16H2,1-3H3,(H2,27,28,29)/t18-,19+. The minimum absolute atomic E-state index is 0.0680. The van der Waals surface area contributed by atoms with Crippen LogP contribution in [-0.4, -0.2) is 69.3 Å². The van der Waals surface area contributed by atoms with Crippen LogP contribution in [0.15, 0.2) is 30.3 Å². The molecule has 2 fully saturated rings. The van der Waals surface area contributed by atoms with Crippen LogP contribution >= 0.6 is 0 Å². The van der Waals surface area contributed by atoms with Crippen LogP contribution in [0.5, 0.6) is 0 Å². The SMILES string of the molecule is CC(C)(C)OC(=O)N1[C@@H]2CC[C@H]1CN(c1nc(N)nc3c1CCN(C(=O)OCc1ccccc1)C3)C2. The van der Waals surface area contributed by atoms with Gasteiger partial charge in [0.05, 0.1) is 24.3 Å². The second-order valence-corrected chi connectivity index (χ2v) is 10.7. The van der Waals surface area contributed by atoms with E-state index in [1.807, 2.05) is 56.0 Å². The highest BCUT2D eigenvalue weighted by atomic mass is 16.6. The lowest BCUT2D eigenvalue weighted by Gasteiger charge is -2.42. The Morgan fingerprint density at radius 2 is 1.75 bits per heavy atom. The number of benzene rings is 1. The lowest BCUT2D eigenvalue weighted by Crippen LogP contribution is -2.57. The Morgan fingerprint density at radius 3 is 2.42 bits per heavy atom.